The molecule has 0 amide bonds. The van der Waals surface area contributed by atoms with Crippen LogP contribution in [0.15, 0.2) is 65.1 Å². The molecule has 0 atom stereocenters. The molecular formula is C30H46N6O3S. The van der Waals surface area contributed by atoms with Crippen molar-refractivity contribution in [1.82, 2.24) is 14.9 Å². The van der Waals surface area contributed by atoms with Gasteiger partial charge in [0.25, 0.3) is 0 Å². The van der Waals surface area contributed by atoms with Crippen LogP contribution in [0, 0.1) is 5.92 Å². The second-order valence-electron chi connectivity index (χ2n) is 8.59. The van der Waals surface area contributed by atoms with Crippen LogP contribution >= 0.6 is 11.5 Å². The Bertz CT molecular complexity index is 1110. The van der Waals surface area contributed by atoms with E-state index in [-0.39, 0.29) is 5.96 Å². The van der Waals surface area contributed by atoms with Gasteiger partial charge in [-0.15, -0.1) is 5.10 Å². The summed E-state index contributed by atoms with van der Waals surface area (Å²) in [5, 5.41) is 9.42. The lowest BCUT2D eigenvalue weighted by Gasteiger charge is -2.11. The first-order valence-electron chi connectivity index (χ1n) is 13.1. The van der Waals surface area contributed by atoms with Gasteiger partial charge in [0.2, 0.25) is 0 Å². The van der Waals surface area contributed by atoms with E-state index < -0.39 is 0 Å². The van der Waals surface area contributed by atoms with Gasteiger partial charge in [0.05, 0.1) is 14.2 Å². The molecule has 0 aliphatic heterocycles. The molecule has 0 bridgehead atoms. The number of guanidine groups is 1. The second kappa shape index (κ2) is 22.0. The molecule has 0 spiro atoms. The lowest BCUT2D eigenvalue weighted by molar-refractivity contribution is -0.107. The van der Waals surface area contributed by atoms with Crippen molar-refractivity contribution >= 4 is 23.8 Å². The number of aromatic nitrogens is 2. The van der Waals surface area contributed by atoms with Gasteiger partial charge in [-0.3, -0.25) is 4.99 Å². The maximum Gasteiger partial charge on any atom is 0.185 e. The van der Waals surface area contributed by atoms with Crippen LogP contribution in [0.25, 0.3) is 11.3 Å². The largest absolute Gasteiger partial charge is 0.493 e. The van der Waals surface area contributed by atoms with Crippen molar-refractivity contribution in [2.75, 3.05) is 21.3 Å². The minimum atomic E-state index is 0.130. The number of methoxy groups -OCH3 is 2. The number of aldehydes is 1. The normalized spacial score (nSPS) is 9.40. The maximum absolute atomic E-state index is 10.3. The number of hydrogen-bond acceptors (Lipinski definition) is 8. The van der Waals surface area contributed by atoms with E-state index in [1.807, 2.05) is 25.3 Å². The van der Waals surface area contributed by atoms with Gasteiger partial charge in [-0.05, 0) is 53.6 Å². The molecule has 0 saturated carbocycles. The van der Waals surface area contributed by atoms with Crippen LogP contribution in [-0.2, 0) is 17.8 Å². The number of rotatable bonds is 11. The number of allylic oxidation sites excluding steroid dienone is 1. The molecule has 40 heavy (non-hydrogen) atoms. The van der Waals surface area contributed by atoms with Crippen molar-refractivity contribution in [3.05, 3.63) is 71.2 Å². The minimum absolute atomic E-state index is 0.130. The molecule has 0 saturated heterocycles. The average molecular weight is 571 g/mol. The number of nitrogens with two attached hydrogens (primary N) is 2. The number of hydrogen-bond donors (Lipinski definition) is 3. The van der Waals surface area contributed by atoms with Gasteiger partial charge in [-0.25, -0.2) is 0 Å². The standard InChI is InChI=1S/C16H21N3S.C10H12O3.C2H7N3.C2H6/c1-12(2)4-5-13(3)17-10-14-6-8-15(9-7-14)16-11-20-19-18-16;1-12-9-4-3-8(5-6-11)7-10(9)13-2;1-5-2(3)4;1-2/h6-9,11-12,17H,3-5,10H2,1-2H3;3-4,6-7H,5H2,1-2H3;1H3,(H4,3,4,5);1-2H3. The van der Waals surface area contributed by atoms with Gasteiger partial charge in [0, 0.05) is 36.7 Å². The molecule has 0 aliphatic rings. The van der Waals surface area contributed by atoms with Gasteiger partial charge in [-0.1, -0.05) is 69.1 Å². The summed E-state index contributed by atoms with van der Waals surface area (Å²) in [6, 6.07) is 13.9. The lowest BCUT2D eigenvalue weighted by Crippen LogP contribution is -2.21. The van der Waals surface area contributed by atoms with Gasteiger partial charge < -0.3 is 31.1 Å². The van der Waals surface area contributed by atoms with Crippen molar-refractivity contribution in [3.63, 3.8) is 0 Å². The summed E-state index contributed by atoms with van der Waals surface area (Å²) in [6.45, 7) is 13.4. The molecule has 0 unspecified atom stereocenters. The Kier molecular flexibility index (Phi) is 19.8. The zero-order chi connectivity index (χ0) is 30.3. The van der Waals surface area contributed by atoms with Crippen LogP contribution in [0.3, 0.4) is 0 Å². The Balaban J connectivity index is 0.000000652. The summed E-state index contributed by atoms with van der Waals surface area (Å²) in [4.78, 5) is 13.6. The summed E-state index contributed by atoms with van der Waals surface area (Å²) in [7, 11) is 4.69. The Morgan fingerprint density at radius 1 is 1.07 bits per heavy atom. The van der Waals surface area contributed by atoms with Gasteiger partial charge in [0.15, 0.2) is 17.5 Å². The Hall–Kier alpha value is -3.92. The van der Waals surface area contributed by atoms with Gasteiger partial charge >= 0.3 is 0 Å². The molecule has 1 aromatic heterocycles. The first-order chi connectivity index (χ1) is 19.2. The van der Waals surface area contributed by atoms with E-state index in [1.165, 1.54) is 30.6 Å². The number of carbonyl (C=O) groups is 1. The van der Waals surface area contributed by atoms with Gasteiger partial charge in [-0.2, -0.15) is 0 Å². The van der Waals surface area contributed by atoms with E-state index in [0.717, 1.165) is 47.7 Å². The zero-order valence-corrected chi connectivity index (χ0v) is 25.8. The highest BCUT2D eigenvalue weighted by molar-refractivity contribution is 7.03. The third kappa shape index (κ3) is 15.5. The Labute approximate surface area is 243 Å². The van der Waals surface area contributed by atoms with Crippen molar-refractivity contribution in [1.29, 1.82) is 0 Å². The second-order valence-corrected chi connectivity index (χ2v) is 9.20. The first-order valence-corrected chi connectivity index (χ1v) is 14.0. The third-order valence-electron chi connectivity index (χ3n) is 5.20. The number of nitrogens with one attached hydrogen (secondary N) is 1. The maximum atomic E-state index is 10.3. The summed E-state index contributed by atoms with van der Waals surface area (Å²) in [5.41, 5.74) is 15.0. The Morgan fingerprint density at radius 2 is 1.68 bits per heavy atom. The number of benzene rings is 2. The molecule has 3 rings (SSSR count). The summed E-state index contributed by atoms with van der Waals surface area (Å²) < 4.78 is 14.0. The van der Waals surface area contributed by atoms with E-state index in [4.69, 9.17) is 20.9 Å². The van der Waals surface area contributed by atoms with Crippen LogP contribution in [-0.4, -0.2) is 43.1 Å². The predicted octanol–water partition coefficient (Wildman–Crippen LogP) is 5.61. The monoisotopic (exact) mass is 570 g/mol. The fourth-order valence-corrected chi connectivity index (χ4v) is 3.43. The van der Waals surface area contributed by atoms with Crippen LogP contribution < -0.4 is 26.3 Å². The molecule has 3 aromatic rings. The quantitative estimate of drug-likeness (QED) is 0.154. The average Bonchev–Trinajstić information content (AvgIpc) is 3.52. The van der Waals surface area contributed by atoms with Crippen LogP contribution in [0.2, 0.25) is 0 Å². The highest BCUT2D eigenvalue weighted by atomic mass is 32.1. The van der Waals surface area contributed by atoms with Crippen molar-refractivity contribution in [2.24, 2.45) is 22.4 Å². The van der Waals surface area contributed by atoms with Crippen LogP contribution in [0.5, 0.6) is 11.5 Å². The molecule has 10 heteroatoms. The molecule has 5 N–H and O–H groups in total. The number of carbonyl (C=O) groups excluding carboxylic acids is 1. The van der Waals surface area contributed by atoms with Crippen molar-refractivity contribution in [3.8, 4) is 22.8 Å². The molecule has 0 fully saturated rings. The summed E-state index contributed by atoms with van der Waals surface area (Å²) >= 11 is 1.38. The van der Waals surface area contributed by atoms with E-state index in [9.17, 15) is 4.79 Å². The van der Waals surface area contributed by atoms with E-state index >= 15 is 0 Å². The van der Waals surface area contributed by atoms with Crippen molar-refractivity contribution in [2.45, 2.75) is 53.5 Å². The van der Waals surface area contributed by atoms with Crippen molar-refractivity contribution < 1.29 is 14.3 Å². The number of ether oxygens (including phenoxy) is 2. The predicted molar refractivity (Wildman–Crippen MR) is 168 cm³/mol. The molecule has 0 aliphatic carbocycles. The fourth-order valence-electron chi connectivity index (χ4n) is 2.97. The molecule has 1 heterocycles. The number of nitrogens with zero attached hydrogens (tertiary/aromatic N) is 3. The number of aliphatic imine (C=N–C) groups is 1. The molecular weight excluding hydrogens is 524 g/mol. The summed E-state index contributed by atoms with van der Waals surface area (Å²) in [6.07, 6.45) is 3.49. The topological polar surface area (TPSA) is 138 Å². The molecule has 9 nitrogen and oxygen atoms in total. The summed E-state index contributed by atoms with van der Waals surface area (Å²) in [5.74, 6) is 2.18. The smallest absolute Gasteiger partial charge is 0.185 e. The molecule has 2 aromatic carbocycles. The highest BCUT2D eigenvalue weighted by Crippen LogP contribution is 2.27. The van der Waals surface area contributed by atoms with E-state index in [2.05, 4.69) is 64.6 Å². The van der Waals surface area contributed by atoms with Crippen LogP contribution in [0.4, 0.5) is 0 Å². The highest BCUT2D eigenvalue weighted by Gasteiger charge is 2.04. The third-order valence-corrected chi connectivity index (χ3v) is 5.71. The fraction of sp³-hybridized carbons (Fsp3) is 0.400. The van der Waals surface area contributed by atoms with E-state index in [1.54, 1.807) is 26.4 Å². The van der Waals surface area contributed by atoms with Crippen LogP contribution in [0.1, 0.15) is 51.7 Å². The molecule has 0 radical (unpaired) electrons. The van der Waals surface area contributed by atoms with Gasteiger partial charge in [0.1, 0.15) is 12.0 Å². The SMILES string of the molecule is C=C(CCC(C)C)NCc1ccc(-c2csnn2)cc1.CC.CN=C(N)N.COc1ccc(CC=O)cc1OC. The van der Waals surface area contributed by atoms with E-state index in [0.29, 0.717) is 17.9 Å². The lowest BCUT2D eigenvalue weighted by atomic mass is 10.1. The molecule has 220 valence electrons. The Morgan fingerprint density at radius 3 is 2.15 bits per heavy atom. The zero-order valence-electron chi connectivity index (χ0n) is 24.9. The first kappa shape index (κ1) is 36.1. The minimum Gasteiger partial charge on any atom is -0.493 e.